The molecule has 66 valence electrons. The minimum Gasteiger partial charge on any atom is -0.383 e. The van der Waals surface area contributed by atoms with Gasteiger partial charge in [0.2, 0.25) is 0 Å². The second kappa shape index (κ2) is 2.97. The Balaban J connectivity index is 2.74. The lowest BCUT2D eigenvalue weighted by Gasteiger charge is -2.00. The van der Waals surface area contributed by atoms with Crippen molar-refractivity contribution < 1.29 is 0 Å². The summed E-state index contributed by atoms with van der Waals surface area (Å²) < 4.78 is 0. The summed E-state index contributed by atoms with van der Waals surface area (Å²) in [5.41, 5.74) is 7.49. The molecule has 0 unspecified atom stereocenters. The quantitative estimate of drug-likeness (QED) is 0.704. The van der Waals surface area contributed by atoms with E-state index in [1.54, 1.807) is 0 Å². The third-order valence-electron chi connectivity index (χ3n) is 1.98. The van der Waals surface area contributed by atoms with Gasteiger partial charge in [-0.15, -0.1) is 0 Å². The molecule has 2 aromatic rings. The summed E-state index contributed by atoms with van der Waals surface area (Å²) in [6.45, 7) is 2.07. The number of pyridine rings is 1. The van der Waals surface area contributed by atoms with Crippen LogP contribution in [0.5, 0.6) is 0 Å². The molecule has 4 heteroatoms. The van der Waals surface area contributed by atoms with Crippen molar-refractivity contribution in [2.75, 3.05) is 5.73 Å². The Morgan fingerprint density at radius 2 is 2.15 bits per heavy atom. The molecular formula is C9H10N4. The smallest absolute Gasteiger partial charge is 0.164 e. The third-order valence-corrected chi connectivity index (χ3v) is 1.98. The van der Waals surface area contributed by atoms with Gasteiger partial charge in [0, 0.05) is 6.20 Å². The van der Waals surface area contributed by atoms with Crippen LogP contribution in [0.2, 0.25) is 0 Å². The van der Waals surface area contributed by atoms with E-state index < -0.39 is 0 Å². The number of hydrogen-bond donors (Lipinski definition) is 1. The van der Waals surface area contributed by atoms with E-state index in [-0.39, 0.29) is 0 Å². The summed E-state index contributed by atoms with van der Waals surface area (Å²) in [5, 5.41) is 0.835. The van der Waals surface area contributed by atoms with E-state index in [2.05, 4.69) is 21.9 Å². The molecule has 0 aliphatic carbocycles. The fraction of sp³-hybridized carbons (Fsp3) is 0.222. The highest BCUT2D eigenvalue weighted by molar-refractivity contribution is 5.85. The second-order valence-corrected chi connectivity index (χ2v) is 2.83. The van der Waals surface area contributed by atoms with Crippen LogP contribution in [0.25, 0.3) is 11.0 Å². The lowest BCUT2D eigenvalue weighted by Crippen LogP contribution is -1.95. The molecule has 0 aliphatic heterocycles. The highest BCUT2D eigenvalue weighted by Crippen LogP contribution is 2.15. The molecule has 2 rings (SSSR count). The van der Waals surface area contributed by atoms with Gasteiger partial charge >= 0.3 is 0 Å². The van der Waals surface area contributed by atoms with Gasteiger partial charge in [-0.3, -0.25) is 0 Å². The molecule has 0 saturated heterocycles. The number of fused-ring (bicyclic) bond motifs is 1. The maximum absolute atomic E-state index is 5.69. The molecule has 0 saturated carbocycles. The van der Waals surface area contributed by atoms with Crippen molar-refractivity contribution in [3.63, 3.8) is 0 Å². The first-order valence-corrected chi connectivity index (χ1v) is 4.16. The van der Waals surface area contributed by atoms with Crippen LogP contribution in [0.4, 0.5) is 5.82 Å². The van der Waals surface area contributed by atoms with E-state index in [1.165, 1.54) is 6.33 Å². The monoisotopic (exact) mass is 174 g/mol. The van der Waals surface area contributed by atoms with E-state index >= 15 is 0 Å². The zero-order valence-corrected chi connectivity index (χ0v) is 7.36. The SMILES string of the molecule is CCc1cnc2ncnc(N)c2c1. The Labute approximate surface area is 75.8 Å². The zero-order chi connectivity index (χ0) is 9.26. The average molecular weight is 174 g/mol. The minimum atomic E-state index is 0.493. The molecular weight excluding hydrogens is 164 g/mol. The van der Waals surface area contributed by atoms with Crippen molar-refractivity contribution in [2.24, 2.45) is 0 Å². The first-order valence-electron chi connectivity index (χ1n) is 4.16. The lowest BCUT2D eigenvalue weighted by molar-refractivity contribution is 1.10. The maximum atomic E-state index is 5.69. The molecule has 2 heterocycles. The predicted octanol–water partition coefficient (Wildman–Crippen LogP) is 1.17. The Hall–Kier alpha value is -1.71. The first kappa shape index (κ1) is 7.91. The van der Waals surface area contributed by atoms with Gasteiger partial charge in [-0.05, 0) is 18.1 Å². The van der Waals surface area contributed by atoms with Gasteiger partial charge in [-0.25, -0.2) is 15.0 Å². The molecule has 0 aromatic carbocycles. The zero-order valence-electron chi connectivity index (χ0n) is 7.36. The summed E-state index contributed by atoms with van der Waals surface area (Å²) in [6, 6.07) is 1.98. The van der Waals surface area contributed by atoms with Crippen molar-refractivity contribution in [1.82, 2.24) is 15.0 Å². The van der Waals surface area contributed by atoms with Crippen LogP contribution in [0.1, 0.15) is 12.5 Å². The number of rotatable bonds is 1. The largest absolute Gasteiger partial charge is 0.383 e. The summed E-state index contributed by atoms with van der Waals surface area (Å²) in [6.07, 6.45) is 4.18. The Morgan fingerprint density at radius 3 is 2.92 bits per heavy atom. The van der Waals surface area contributed by atoms with Crippen molar-refractivity contribution >= 4 is 16.9 Å². The van der Waals surface area contributed by atoms with E-state index in [4.69, 9.17) is 5.73 Å². The van der Waals surface area contributed by atoms with Crippen LogP contribution >= 0.6 is 0 Å². The van der Waals surface area contributed by atoms with Gasteiger partial charge in [0.05, 0.1) is 5.39 Å². The summed E-state index contributed by atoms with van der Waals surface area (Å²) in [5.74, 6) is 0.493. The molecule has 13 heavy (non-hydrogen) atoms. The van der Waals surface area contributed by atoms with E-state index in [9.17, 15) is 0 Å². The maximum Gasteiger partial charge on any atom is 0.164 e. The molecule has 0 bridgehead atoms. The Kier molecular flexibility index (Phi) is 1.81. The highest BCUT2D eigenvalue weighted by atomic mass is 14.9. The number of nitrogens with two attached hydrogens (primary N) is 1. The number of aryl methyl sites for hydroxylation is 1. The van der Waals surface area contributed by atoms with E-state index in [0.29, 0.717) is 11.5 Å². The number of nitrogen functional groups attached to an aromatic ring is 1. The predicted molar refractivity (Wildman–Crippen MR) is 51.1 cm³/mol. The molecule has 2 N–H and O–H groups in total. The fourth-order valence-corrected chi connectivity index (χ4v) is 1.20. The van der Waals surface area contributed by atoms with Crippen molar-refractivity contribution in [1.29, 1.82) is 0 Å². The number of hydrogen-bond acceptors (Lipinski definition) is 4. The molecule has 0 fully saturated rings. The lowest BCUT2D eigenvalue weighted by atomic mass is 10.2. The van der Waals surface area contributed by atoms with Crippen molar-refractivity contribution in [3.8, 4) is 0 Å². The number of anilines is 1. The standard InChI is InChI=1S/C9H10N4/c1-2-6-3-7-8(10)12-5-13-9(7)11-4-6/h3-5H,2H2,1H3,(H2,10,11,12,13). The van der Waals surface area contributed by atoms with E-state index in [0.717, 1.165) is 17.4 Å². The second-order valence-electron chi connectivity index (χ2n) is 2.83. The van der Waals surface area contributed by atoms with Crippen LogP contribution in [-0.4, -0.2) is 15.0 Å². The third kappa shape index (κ3) is 1.30. The molecule has 4 nitrogen and oxygen atoms in total. The van der Waals surface area contributed by atoms with Gasteiger partial charge in [0.25, 0.3) is 0 Å². The summed E-state index contributed by atoms with van der Waals surface area (Å²) in [7, 11) is 0. The van der Waals surface area contributed by atoms with Gasteiger partial charge in [-0.1, -0.05) is 6.92 Å². The Bertz CT molecular complexity index is 439. The minimum absolute atomic E-state index is 0.493. The normalized spacial score (nSPS) is 10.5. The van der Waals surface area contributed by atoms with Gasteiger partial charge in [0.1, 0.15) is 12.1 Å². The van der Waals surface area contributed by atoms with Crippen LogP contribution in [0.15, 0.2) is 18.6 Å². The van der Waals surface area contributed by atoms with E-state index in [1.807, 2.05) is 12.3 Å². The molecule has 2 aromatic heterocycles. The molecule has 0 radical (unpaired) electrons. The average Bonchev–Trinajstić information content (AvgIpc) is 2.18. The Morgan fingerprint density at radius 1 is 1.31 bits per heavy atom. The summed E-state index contributed by atoms with van der Waals surface area (Å²) in [4.78, 5) is 12.1. The van der Waals surface area contributed by atoms with Gasteiger partial charge in [0.15, 0.2) is 5.65 Å². The van der Waals surface area contributed by atoms with Crippen LogP contribution in [0.3, 0.4) is 0 Å². The molecule has 0 spiro atoms. The fourth-order valence-electron chi connectivity index (χ4n) is 1.20. The van der Waals surface area contributed by atoms with Crippen LogP contribution < -0.4 is 5.73 Å². The van der Waals surface area contributed by atoms with Gasteiger partial charge in [-0.2, -0.15) is 0 Å². The highest BCUT2D eigenvalue weighted by Gasteiger charge is 2.01. The number of nitrogens with zero attached hydrogens (tertiary/aromatic N) is 3. The van der Waals surface area contributed by atoms with Crippen molar-refractivity contribution in [3.05, 3.63) is 24.2 Å². The molecule has 0 atom stereocenters. The topological polar surface area (TPSA) is 64.7 Å². The van der Waals surface area contributed by atoms with Crippen molar-refractivity contribution in [2.45, 2.75) is 13.3 Å². The molecule has 0 aliphatic rings. The van der Waals surface area contributed by atoms with Crippen LogP contribution in [0, 0.1) is 0 Å². The van der Waals surface area contributed by atoms with Crippen LogP contribution in [-0.2, 0) is 6.42 Å². The molecule has 0 amide bonds. The summed E-state index contributed by atoms with van der Waals surface area (Å²) >= 11 is 0. The van der Waals surface area contributed by atoms with Gasteiger partial charge < -0.3 is 5.73 Å². The first-order chi connectivity index (χ1) is 6.31. The number of aromatic nitrogens is 3.